The van der Waals surface area contributed by atoms with Crippen molar-refractivity contribution in [2.45, 2.75) is 13.8 Å². The summed E-state index contributed by atoms with van der Waals surface area (Å²) in [6.07, 6.45) is 0. The number of rotatable bonds is 5. The van der Waals surface area contributed by atoms with Gasteiger partial charge in [0.15, 0.2) is 0 Å². The van der Waals surface area contributed by atoms with Crippen molar-refractivity contribution in [3.05, 3.63) is 59.4 Å². The molecule has 0 aliphatic carbocycles. The number of hydrogen-bond donors (Lipinski definition) is 1. The quantitative estimate of drug-likeness (QED) is 0.820. The van der Waals surface area contributed by atoms with Gasteiger partial charge in [-0.15, -0.1) is 0 Å². The van der Waals surface area contributed by atoms with Crippen LogP contribution in [0, 0.1) is 19.7 Å². The summed E-state index contributed by atoms with van der Waals surface area (Å²) >= 11 is 0. The Balaban J connectivity index is 1.38. The highest BCUT2D eigenvalue weighted by Crippen LogP contribution is 2.17. The van der Waals surface area contributed by atoms with Crippen LogP contribution >= 0.6 is 0 Å². The molecule has 3 rings (SSSR count). The third-order valence-electron chi connectivity index (χ3n) is 4.60. The monoisotopic (exact) mass is 371 g/mol. The number of nitrogens with one attached hydrogen (secondary N) is 1. The smallest absolute Gasteiger partial charge is 0.317 e. The number of aryl methyl sites for hydroxylation is 2. The molecule has 5 nitrogen and oxygen atoms in total. The topological polar surface area (TPSA) is 44.8 Å². The molecule has 0 atom stereocenters. The molecule has 1 saturated heterocycles. The van der Waals surface area contributed by atoms with Gasteiger partial charge < -0.3 is 19.9 Å². The molecule has 2 aromatic carbocycles. The number of halogens is 1. The molecule has 144 valence electrons. The van der Waals surface area contributed by atoms with Crippen LogP contribution in [0.1, 0.15) is 11.1 Å². The second-order valence-corrected chi connectivity index (χ2v) is 6.85. The van der Waals surface area contributed by atoms with E-state index in [0.717, 1.165) is 35.7 Å². The summed E-state index contributed by atoms with van der Waals surface area (Å²) < 4.78 is 18.7. The number of ether oxygens (including phenoxy) is 1. The minimum absolute atomic E-state index is 0.0715. The molecule has 2 aromatic rings. The number of amides is 2. The molecule has 0 aromatic heterocycles. The Morgan fingerprint density at radius 1 is 1.04 bits per heavy atom. The lowest BCUT2D eigenvalue weighted by Gasteiger charge is -2.36. The number of piperazine rings is 1. The van der Waals surface area contributed by atoms with E-state index in [1.807, 2.05) is 26.0 Å². The van der Waals surface area contributed by atoms with Crippen LogP contribution in [0.25, 0.3) is 0 Å². The van der Waals surface area contributed by atoms with Crippen LogP contribution in [0.15, 0.2) is 42.5 Å². The third kappa shape index (κ3) is 5.36. The van der Waals surface area contributed by atoms with E-state index < -0.39 is 0 Å². The van der Waals surface area contributed by atoms with E-state index in [9.17, 15) is 9.18 Å². The summed E-state index contributed by atoms with van der Waals surface area (Å²) in [7, 11) is 0. The van der Waals surface area contributed by atoms with Crippen molar-refractivity contribution in [2.24, 2.45) is 0 Å². The normalized spacial score (nSPS) is 14.2. The lowest BCUT2D eigenvalue weighted by atomic mass is 10.1. The molecule has 1 N–H and O–H groups in total. The molecule has 2 amide bonds. The maximum atomic E-state index is 13.0. The summed E-state index contributed by atoms with van der Waals surface area (Å²) in [6, 6.07) is 12.5. The first-order valence-corrected chi connectivity index (χ1v) is 9.26. The van der Waals surface area contributed by atoms with E-state index in [-0.39, 0.29) is 11.8 Å². The summed E-state index contributed by atoms with van der Waals surface area (Å²) in [5.74, 6) is 0.592. The molecule has 0 saturated carbocycles. The minimum Gasteiger partial charge on any atom is -0.492 e. The van der Waals surface area contributed by atoms with Crippen LogP contribution in [0.5, 0.6) is 5.75 Å². The predicted octanol–water partition coefficient (Wildman–Crippen LogP) is 3.35. The van der Waals surface area contributed by atoms with Gasteiger partial charge in [0.2, 0.25) is 0 Å². The number of anilines is 1. The van der Waals surface area contributed by atoms with E-state index in [0.29, 0.717) is 26.2 Å². The molecule has 0 bridgehead atoms. The van der Waals surface area contributed by atoms with Crippen molar-refractivity contribution >= 4 is 11.7 Å². The van der Waals surface area contributed by atoms with Gasteiger partial charge in [-0.3, -0.25) is 0 Å². The number of nitrogens with zero attached hydrogens (tertiary/aromatic N) is 2. The van der Waals surface area contributed by atoms with Crippen LogP contribution in [0.2, 0.25) is 0 Å². The van der Waals surface area contributed by atoms with Crippen molar-refractivity contribution in [2.75, 3.05) is 44.2 Å². The van der Waals surface area contributed by atoms with E-state index in [2.05, 4.69) is 16.3 Å². The van der Waals surface area contributed by atoms with Crippen LogP contribution in [-0.2, 0) is 0 Å². The number of benzene rings is 2. The summed E-state index contributed by atoms with van der Waals surface area (Å²) in [5.41, 5.74) is 3.31. The lowest BCUT2D eigenvalue weighted by Crippen LogP contribution is -2.52. The first-order valence-electron chi connectivity index (χ1n) is 9.26. The van der Waals surface area contributed by atoms with Gasteiger partial charge in [-0.05, 0) is 61.4 Å². The van der Waals surface area contributed by atoms with Gasteiger partial charge in [0.05, 0.1) is 6.54 Å². The molecule has 0 spiro atoms. The minimum atomic E-state index is -0.236. The van der Waals surface area contributed by atoms with Gasteiger partial charge in [-0.1, -0.05) is 6.07 Å². The van der Waals surface area contributed by atoms with Gasteiger partial charge in [-0.25, -0.2) is 9.18 Å². The van der Waals surface area contributed by atoms with Gasteiger partial charge >= 0.3 is 6.03 Å². The Labute approximate surface area is 159 Å². The molecular formula is C21H26FN3O2. The van der Waals surface area contributed by atoms with Gasteiger partial charge in [0, 0.05) is 31.9 Å². The summed E-state index contributed by atoms with van der Waals surface area (Å²) in [4.78, 5) is 16.3. The molecule has 6 heteroatoms. The number of urea groups is 1. The van der Waals surface area contributed by atoms with E-state index in [1.165, 1.54) is 12.1 Å². The molecule has 0 radical (unpaired) electrons. The van der Waals surface area contributed by atoms with E-state index in [4.69, 9.17) is 4.74 Å². The SMILES string of the molecule is Cc1cc(C)cc(OCCNC(=O)N2CCN(c3ccc(F)cc3)CC2)c1. The Bertz CT molecular complexity index is 751. The fourth-order valence-electron chi connectivity index (χ4n) is 3.27. The van der Waals surface area contributed by atoms with Crippen LogP contribution in [0.4, 0.5) is 14.9 Å². The highest BCUT2D eigenvalue weighted by molar-refractivity contribution is 5.74. The Kier molecular flexibility index (Phi) is 6.16. The number of hydrogen-bond acceptors (Lipinski definition) is 3. The molecule has 0 unspecified atom stereocenters. The number of carbonyl (C=O) groups excluding carboxylic acids is 1. The molecule has 1 fully saturated rings. The Morgan fingerprint density at radius 3 is 2.30 bits per heavy atom. The highest BCUT2D eigenvalue weighted by atomic mass is 19.1. The zero-order valence-corrected chi connectivity index (χ0v) is 15.9. The second kappa shape index (κ2) is 8.75. The Hall–Kier alpha value is -2.76. The maximum absolute atomic E-state index is 13.0. The second-order valence-electron chi connectivity index (χ2n) is 6.85. The van der Waals surface area contributed by atoms with E-state index in [1.54, 1.807) is 17.0 Å². The third-order valence-corrected chi connectivity index (χ3v) is 4.60. The predicted molar refractivity (Wildman–Crippen MR) is 105 cm³/mol. The summed E-state index contributed by atoms with van der Waals surface area (Å²) in [5, 5.41) is 2.91. The Morgan fingerprint density at radius 2 is 1.67 bits per heavy atom. The average molecular weight is 371 g/mol. The van der Waals surface area contributed by atoms with Crippen molar-refractivity contribution in [1.29, 1.82) is 0 Å². The highest BCUT2D eigenvalue weighted by Gasteiger charge is 2.21. The molecule has 27 heavy (non-hydrogen) atoms. The van der Waals surface area contributed by atoms with Crippen molar-refractivity contribution < 1.29 is 13.9 Å². The van der Waals surface area contributed by atoms with E-state index >= 15 is 0 Å². The first-order chi connectivity index (χ1) is 13.0. The molecule has 1 aliphatic rings. The van der Waals surface area contributed by atoms with Crippen LogP contribution in [0.3, 0.4) is 0 Å². The van der Waals surface area contributed by atoms with Gasteiger partial charge in [0.1, 0.15) is 18.2 Å². The molecule has 1 aliphatic heterocycles. The van der Waals surface area contributed by atoms with Crippen LogP contribution in [-0.4, -0.2) is 50.3 Å². The van der Waals surface area contributed by atoms with Gasteiger partial charge in [0.25, 0.3) is 0 Å². The largest absolute Gasteiger partial charge is 0.492 e. The summed E-state index contributed by atoms with van der Waals surface area (Å²) in [6.45, 7) is 7.72. The molecule has 1 heterocycles. The zero-order valence-electron chi connectivity index (χ0n) is 15.9. The van der Waals surface area contributed by atoms with Crippen molar-refractivity contribution in [3.8, 4) is 5.75 Å². The maximum Gasteiger partial charge on any atom is 0.317 e. The number of carbonyl (C=O) groups is 1. The van der Waals surface area contributed by atoms with Crippen molar-refractivity contribution in [3.63, 3.8) is 0 Å². The fourth-order valence-corrected chi connectivity index (χ4v) is 3.27. The lowest BCUT2D eigenvalue weighted by molar-refractivity contribution is 0.191. The average Bonchev–Trinajstić information content (AvgIpc) is 2.65. The molecular weight excluding hydrogens is 345 g/mol. The van der Waals surface area contributed by atoms with Gasteiger partial charge in [-0.2, -0.15) is 0 Å². The standard InChI is InChI=1S/C21H26FN3O2/c1-16-13-17(2)15-20(14-16)27-12-7-23-21(26)25-10-8-24(9-11-25)19-5-3-18(22)4-6-19/h3-6,13-15H,7-12H2,1-2H3,(H,23,26). The first kappa shape index (κ1) is 19.0. The zero-order chi connectivity index (χ0) is 19.2. The van der Waals surface area contributed by atoms with Crippen molar-refractivity contribution in [1.82, 2.24) is 10.2 Å². The van der Waals surface area contributed by atoms with Crippen LogP contribution < -0.4 is 15.0 Å². The fraction of sp³-hybridized carbons (Fsp3) is 0.381.